The molecule has 2 aromatic carbocycles. The van der Waals surface area contributed by atoms with Gasteiger partial charge < -0.3 is 15.4 Å². The normalized spacial score (nSPS) is 18.4. The molecule has 0 bridgehead atoms. The van der Waals surface area contributed by atoms with Crippen LogP contribution in [-0.4, -0.2) is 31.6 Å². The first kappa shape index (κ1) is 17.5. The maximum Gasteiger partial charge on any atom is 0.260 e. The summed E-state index contributed by atoms with van der Waals surface area (Å²) in [6, 6.07) is 18.1. The summed E-state index contributed by atoms with van der Waals surface area (Å²) in [6.45, 7) is 4.57. The highest BCUT2D eigenvalue weighted by Gasteiger charge is 2.18. The Morgan fingerprint density at radius 3 is 2.56 bits per heavy atom. The zero-order chi connectivity index (χ0) is 17.5. The lowest BCUT2D eigenvalue weighted by Crippen LogP contribution is -2.42. The van der Waals surface area contributed by atoms with Crippen LogP contribution in [-0.2, 0) is 4.79 Å². The van der Waals surface area contributed by atoms with Gasteiger partial charge in [-0.05, 0) is 62.0 Å². The van der Waals surface area contributed by atoms with Crippen LogP contribution in [0.15, 0.2) is 54.6 Å². The van der Waals surface area contributed by atoms with Crippen LogP contribution in [0.25, 0.3) is 11.1 Å². The van der Waals surface area contributed by atoms with Crippen LogP contribution in [0, 0.1) is 5.92 Å². The van der Waals surface area contributed by atoms with Crippen molar-refractivity contribution in [3.8, 4) is 16.9 Å². The van der Waals surface area contributed by atoms with E-state index >= 15 is 0 Å². The van der Waals surface area contributed by atoms with E-state index in [2.05, 4.69) is 22.8 Å². The molecule has 1 aliphatic heterocycles. The molecule has 25 heavy (non-hydrogen) atoms. The molecular weight excluding hydrogens is 312 g/mol. The third kappa shape index (κ3) is 5.07. The molecule has 4 heteroatoms. The Bertz CT molecular complexity index is 664. The first-order valence-electron chi connectivity index (χ1n) is 9.03. The first-order valence-corrected chi connectivity index (χ1v) is 9.03. The van der Waals surface area contributed by atoms with Crippen LogP contribution in [0.1, 0.15) is 19.8 Å². The fourth-order valence-corrected chi connectivity index (χ4v) is 3.10. The number of hydrogen-bond acceptors (Lipinski definition) is 3. The lowest BCUT2D eigenvalue weighted by Gasteiger charge is -2.23. The molecule has 2 aromatic rings. The molecule has 0 radical (unpaired) electrons. The minimum atomic E-state index is -0.501. The number of benzene rings is 2. The molecule has 2 N–H and O–H groups in total. The Hall–Kier alpha value is -2.33. The van der Waals surface area contributed by atoms with Crippen molar-refractivity contribution in [2.24, 2.45) is 5.92 Å². The zero-order valence-corrected chi connectivity index (χ0v) is 14.7. The van der Waals surface area contributed by atoms with Gasteiger partial charge in [-0.1, -0.05) is 42.5 Å². The lowest BCUT2D eigenvalue weighted by molar-refractivity contribution is -0.127. The molecular formula is C21H26N2O2. The number of piperidine rings is 1. The van der Waals surface area contributed by atoms with E-state index in [0.717, 1.165) is 18.7 Å². The van der Waals surface area contributed by atoms with Gasteiger partial charge in [-0.25, -0.2) is 0 Å². The third-order valence-corrected chi connectivity index (χ3v) is 4.61. The SMILES string of the molecule is CC(Oc1ccc(-c2ccccc2)cc1)C(=O)NCC1CCCNC1. The Balaban J connectivity index is 1.50. The van der Waals surface area contributed by atoms with Gasteiger partial charge >= 0.3 is 0 Å². The summed E-state index contributed by atoms with van der Waals surface area (Å²) in [6.07, 6.45) is 1.85. The number of ether oxygens (including phenoxy) is 1. The third-order valence-electron chi connectivity index (χ3n) is 4.61. The van der Waals surface area contributed by atoms with Gasteiger partial charge in [0.1, 0.15) is 5.75 Å². The van der Waals surface area contributed by atoms with Crippen LogP contribution in [0.2, 0.25) is 0 Å². The summed E-state index contributed by atoms with van der Waals surface area (Å²) in [5.74, 6) is 1.18. The maximum absolute atomic E-state index is 12.2. The molecule has 2 unspecified atom stereocenters. The van der Waals surface area contributed by atoms with Gasteiger partial charge in [-0.2, -0.15) is 0 Å². The predicted octanol–water partition coefficient (Wildman–Crippen LogP) is 3.24. The smallest absolute Gasteiger partial charge is 0.260 e. The summed E-state index contributed by atoms with van der Waals surface area (Å²) in [5.41, 5.74) is 2.30. The second-order valence-corrected chi connectivity index (χ2v) is 6.61. The van der Waals surface area contributed by atoms with Gasteiger partial charge in [0.05, 0.1) is 0 Å². The molecule has 132 valence electrons. The predicted molar refractivity (Wildman–Crippen MR) is 101 cm³/mol. The first-order chi connectivity index (χ1) is 12.2. The van der Waals surface area contributed by atoms with E-state index in [1.807, 2.05) is 42.5 Å². The summed E-state index contributed by atoms with van der Waals surface area (Å²) < 4.78 is 5.78. The number of rotatable bonds is 6. The molecule has 1 amide bonds. The van der Waals surface area contributed by atoms with E-state index in [0.29, 0.717) is 18.2 Å². The Kier molecular flexibility index (Phi) is 6.07. The average Bonchev–Trinajstić information content (AvgIpc) is 2.68. The van der Waals surface area contributed by atoms with Gasteiger partial charge in [0.15, 0.2) is 6.10 Å². The summed E-state index contributed by atoms with van der Waals surface area (Å²) in [5, 5.41) is 6.37. The van der Waals surface area contributed by atoms with E-state index < -0.39 is 6.10 Å². The van der Waals surface area contributed by atoms with Gasteiger partial charge in [-0.3, -0.25) is 4.79 Å². The van der Waals surface area contributed by atoms with Crippen LogP contribution >= 0.6 is 0 Å². The molecule has 2 atom stereocenters. The average molecular weight is 338 g/mol. The largest absolute Gasteiger partial charge is 0.481 e. The topological polar surface area (TPSA) is 50.4 Å². The molecule has 3 rings (SSSR count). The van der Waals surface area contributed by atoms with Crippen molar-refractivity contribution in [3.05, 3.63) is 54.6 Å². The molecule has 1 aliphatic rings. The number of carbonyl (C=O) groups excluding carboxylic acids is 1. The van der Waals surface area contributed by atoms with Crippen molar-refractivity contribution in [3.63, 3.8) is 0 Å². The van der Waals surface area contributed by atoms with Gasteiger partial charge in [0.2, 0.25) is 0 Å². The highest BCUT2D eigenvalue weighted by atomic mass is 16.5. The highest BCUT2D eigenvalue weighted by Crippen LogP contribution is 2.22. The van der Waals surface area contributed by atoms with Crippen LogP contribution in [0.5, 0.6) is 5.75 Å². The van der Waals surface area contributed by atoms with Crippen LogP contribution in [0.3, 0.4) is 0 Å². The molecule has 0 aliphatic carbocycles. The van der Waals surface area contributed by atoms with Crippen molar-refractivity contribution >= 4 is 5.91 Å². The van der Waals surface area contributed by atoms with Crippen LogP contribution in [0.4, 0.5) is 0 Å². The number of amides is 1. The van der Waals surface area contributed by atoms with Gasteiger partial charge in [-0.15, -0.1) is 0 Å². The summed E-state index contributed by atoms with van der Waals surface area (Å²) >= 11 is 0. The second-order valence-electron chi connectivity index (χ2n) is 6.61. The van der Waals surface area contributed by atoms with Crippen molar-refractivity contribution in [2.45, 2.75) is 25.9 Å². The Morgan fingerprint density at radius 2 is 1.88 bits per heavy atom. The number of nitrogens with one attached hydrogen (secondary N) is 2. The minimum absolute atomic E-state index is 0.0577. The summed E-state index contributed by atoms with van der Waals surface area (Å²) in [4.78, 5) is 12.2. The number of hydrogen-bond donors (Lipinski definition) is 2. The van der Waals surface area contributed by atoms with Crippen LogP contribution < -0.4 is 15.4 Å². The Morgan fingerprint density at radius 1 is 1.16 bits per heavy atom. The minimum Gasteiger partial charge on any atom is -0.481 e. The maximum atomic E-state index is 12.2. The lowest BCUT2D eigenvalue weighted by atomic mass is 10.00. The summed E-state index contributed by atoms with van der Waals surface area (Å²) in [7, 11) is 0. The molecule has 4 nitrogen and oxygen atoms in total. The van der Waals surface area contributed by atoms with E-state index in [1.54, 1.807) is 6.92 Å². The van der Waals surface area contributed by atoms with Gasteiger partial charge in [0.25, 0.3) is 5.91 Å². The van der Waals surface area contributed by atoms with Crippen molar-refractivity contribution in [2.75, 3.05) is 19.6 Å². The van der Waals surface area contributed by atoms with Gasteiger partial charge in [0, 0.05) is 6.54 Å². The van der Waals surface area contributed by atoms with Crippen molar-refractivity contribution in [1.82, 2.24) is 10.6 Å². The molecule has 1 heterocycles. The highest BCUT2D eigenvalue weighted by molar-refractivity contribution is 5.80. The van der Waals surface area contributed by atoms with Crippen molar-refractivity contribution < 1.29 is 9.53 Å². The monoisotopic (exact) mass is 338 g/mol. The Labute approximate surface area is 149 Å². The van der Waals surface area contributed by atoms with Crippen molar-refractivity contribution in [1.29, 1.82) is 0 Å². The molecule has 0 saturated carbocycles. The van der Waals surface area contributed by atoms with E-state index in [1.165, 1.54) is 18.4 Å². The number of carbonyl (C=O) groups is 1. The van der Waals surface area contributed by atoms with E-state index in [4.69, 9.17) is 4.74 Å². The molecule has 0 aromatic heterocycles. The van der Waals surface area contributed by atoms with E-state index in [9.17, 15) is 4.79 Å². The quantitative estimate of drug-likeness (QED) is 0.850. The zero-order valence-electron chi connectivity index (χ0n) is 14.7. The molecule has 0 spiro atoms. The fraction of sp³-hybridized carbons (Fsp3) is 0.381. The standard InChI is InChI=1S/C21H26N2O2/c1-16(21(24)23-15-17-6-5-13-22-14-17)25-20-11-9-19(10-12-20)18-7-3-2-4-8-18/h2-4,7-12,16-17,22H,5-6,13-15H2,1H3,(H,23,24). The molecule has 1 fully saturated rings. The fourth-order valence-electron chi connectivity index (χ4n) is 3.10. The molecule has 1 saturated heterocycles. The second kappa shape index (κ2) is 8.67. The van der Waals surface area contributed by atoms with E-state index in [-0.39, 0.29) is 5.91 Å².